The van der Waals surface area contributed by atoms with Crippen molar-refractivity contribution in [2.45, 2.75) is 6.92 Å². The van der Waals surface area contributed by atoms with Gasteiger partial charge in [-0.2, -0.15) is 5.10 Å². The summed E-state index contributed by atoms with van der Waals surface area (Å²) in [6.45, 7) is 1.70. The Morgan fingerprint density at radius 2 is 1.50 bits per heavy atom. The lowest BCUT2D eigenvalue weighted by Crippen LogP contribution is -2.25. The lowest BCUT2D eigenvalue weighted by molar-refractivity contribution is 0.478. The molecule has 28 heavy (non-hydrogen) atoms. The van der Waals surface area contributed by atoms with Crippen molar-refractivity contribution in [1.82, 2.24) is 4.57 Å². The van der Waals surface area contributed by atoms with E-state index >= 15 is 0 Å². The first-order valence-corrected chi connectivity index (χ1v) is 8.94. The van der Waals surface area contributed by atoms with E-state index in [9.17, 15) is 9.90 Å². The van der Waals surface area contributed by atoms with Gasteiger partial charge in [0.15, 0.2) is 0 Å². The third-order valence-electron chi connectivity index (χ3n) is 4.56. The van der Waals surface area contributed by atoms with Gasteiger partial charge in [-0.3, -0.25) is 14.8 Å². The van der Waals surface area contributed by atoms with Crippen LogP contribution < -0.4 is 11.0 Å². The highest BCUT2D eigenvalue weighted by molar-refractivity contribution is 6.05. The number of benzene rings is 3. The molecule has 2 N–H and O–H groups in total. The highest BCUT2D eigenvalue weighted by atomic mass is 16.3. The standard InChI is InChI=1S/C23H19N3O2/c1-16(24-25-17-10-4-2-5-11-17)21-22(27)19-14-8-9-15-20(19)26(23(21)28)18-12-6-3-7-13-18/h2-15,25,27H,1H3/b24-16-. The van der Waals surface area contributed by atoms with Gasteiger partial charge in [0.1, 0.15) is 11.3 Å². The number of pyridine rings is 1. The highest BCUT2D eigenvalue weighted by Crippen LogP contribution is 2.28. The first-order valence-electron chi connectivity index (χ1n) is 8.94. The summed E-state index contributed by atoms with van der Waals surface area (Å²) in [5.74, 6) is -0.0658. The first-order chi connectivity index (χ1) is 13.7. The fourth-order valence-electron chi connectivity index (χ4n) is 3.20. The van der Waals surface area contributed by atoms with E-state index in [0.29, 0.717) is 16.6 Å². The van der Waals surface area contributed by atoms with Crippen molar-refractivity contribution < 1.29 is 5.11 Å². The van der Waals surface area contributed by atoms with E-state index in [1.54, 1.807) is 17.6 Å². The normalized spacial score (nSPS) is 11.5. The van der Waals surface area contributed by atoms with Crippen LogP contribution in [-0.2, 0) is 0 Å². The van der Waals surface area contributed by atoms with Gasteiger partial charge in [0.2, 0.25) is 0 Å². The Kier molecular flexibility index (Phi) is 4.64. The molecule has 0 aliphatic heterocycles. The van der Waals surface area contributed by atoms with Gasteiger partial charge in [-0.05, 0) is 43.3 Å². The summed E-state index contributed by atoms with van der Waals surface area (Å²) in [6.07, 6.45) is 0. The number of nitrogens with zero attached hydrogens (tertiary/aromatic N) is 2. The number of fused-ring (bicyclic) bond motifs is 1. The van der Waals surface area contributed by atoms with Crippen molar-refractivity contribution in [2.24, 2.45) is 5.10 Å². The molecule has 0 fully saturated rings. The smallest absolute Gasteiger partial charge is 0.268 e. The van der Waals surface area contributed by atoms with Crippen molar-refractivity contribution in [3.05, 3.63) is 101 Å². The van der Waals surface area contributed by atoms with Gasteiger partial charge in [0.25, 0.3) is 5.56 Å². The summed E-state index contributed by atoms with van der Waals surface area (Å²) in [4.78, 5) is 13.4. The maximum Gasteiger partial charge on any atom is 0.268 e. The Bertz CT molecular complexity index is 1210. The lowest BCUT2D eigenvalue weighted by atomic mass is 10.1. The summed E-state index contributed by atoms with van der Waals surface area (Å²) in [7, 11) is 0. The average Bonchev–Trinajstić information content (AvgIpc) is 2.74. The molecule has 0 unspecified atom stereocenters. The van der Waals surface area contributed by atoms with Crippen LogP contribution in [0.5, 0.6) is 5.75 Å². The molecule has 0 radical (unpaired) electrons. The third-order valence-corrected chi connectivity index (χ3v) is 4.56. The fourth-order valence-corrected chi connectivity index (χ4v) is 3.20. The van der Waals surface area contributed by atoms with Crippen LogP contribution in [-0.4, -0.2) is 15.4 Å². The van der Waals surface area contributed by atoms with E-state index in [1.807, 2.05) is 78.9 Å². The van der Waals surface area contributed by atoms with Crippen molar-refractivity contribution >= 4 is 22.3 Å². The number of hydrogen-bond donors (Lipinski definition) is 2. The van der Waals surface area contributed by atoms with E-state index in [0.717, 1.165) is 11.4 Å². The monoisotopic (exact) mass is 369 g/mol. The minimum atomic E-state index is -0.321. The molecule has 4 aromatic rings. The minimum absolute atomic E-state index is 0.0658. The minimum Gasteiger partial charge on any atom is -0.506 e. The van der Waals surface area contributed by atoms with Crippen molar-refractivity contribution in [2.75, 3.05) is 5.43 Å². The van der Waals surface area contributed by atoms with Gasteiger partial charge < -0.3 is 5.11 Å². The Balaban J connectivity index is 1.93. The molecule has 1 aromatic heterocycles. The number of aromatic hydroxyl groups is 1. The van der Waals surface area contributed by atoms with Crippen LogP contribution >= 0.6 is 0 Å². The second kappa shape index (κ2) is 7.40. The maximum absolute atomic E-state index is 13.4. The van der Waals surface area contributed by atoms with E-state index in [1.165, 1.54) is 0 Å². The van der Waals surface area contributed by atoms with Gasteiger partial charge in [0, 0.05) is 11.1 Å². The number of rotatable bonds is 4. The molecule has 0 amide bonds. The maximum atomic E-state index is 13.4. The van der Waals surface area contributed by atoms with Crippen molar-refractivity contribution in [3.63, 3.8) is 0 Å². The molecule has 0 saturated heterocycles. The number of aromatic nitrogens is 1. The molecule has 0 atom stereocenters. The Morgan fingerprint density at radius 1 is 0.893 bits per heavy atom. The van der Waals surface area contributed by atoms with E-state index in [-0.39, 0.29) is 16.9 Å². The first kappa shape index (κ1) is 17.5. The van der Waals surface area contributed by atoms with Crippen molar-refractivity contribution in [3.8, 4) is 11.4 Å². The van der Waals surface area contributed by atoms with E-state index in [2.05, 4.69) is 10.5 Å². The topological polar surface area (TPSA) is 66.6 Å². The molecule has 0 aliphatic rings. The molecule has 5 nitrogen and oxygen atoms in total. The SMILES string of the molecule is C/C(=N/Nc1ccccc1)c1c(O)c2ccccc2n(-c2ccccc2)c1=O. The predicted octanol–water partition coefficient (Wildman–Crippen LogP) is 4.53. The molecule has 0 spiro atoms. The molecule has 0 bridgehead atoms. The zero-order valence-corrected chi connectivity index (χ0v) is 15.3. The summed E-state index contributed by atoms with van der Waals surface area (Å²) >= 11 is 0. The summed E-state index contributed by atoms with van der Waals surface area (Å²) in [5, 5.41) is 15.8. The Morgan fingerprint density at radius 3 is 2.21 bits per heavy atom. The molecular formula is C23H19N3O2. The van der Waals surface area contributed by atoms with Crippen LogP contribution in [0.4, 0.5) is 5.69 Å². The molecular weight excluding hydrogens is 350 g/mol. The number of hydrazone groups is 1. The van der Waals surface area contributed by atoms with Crippen molar-refractivity contribution in [1.29, 1.82) is 0 Å². The van der Waals surface area contributed by atoms with Gasteiger partial charge in [-0.15, -0.1) is 0 Å². The van der Waals surface area contributed by atoms with E-state index in [4.69, 9.17) is 0 Å². The number of anilines is 1. The molecule has 4 rings (SSSR count). The molecule has 138 valence electrons. The van der Waals surface area contributed by atoms with Gasteiger partial charge >= 0.3 is 0 Å². The van der Waals surface area contributed by atoms with Gasteiger partial charge in [-0.1, -0.05) is 48.5 Å². The molecule has 0 aliphatic carbocycles. The lowest BCUT2D eigenvalue weighted by Gasteiger charge is -2.15. The quantitative estimate of drug-likeness (QED) is 0.410. The number of para-hydroxylation sites is 3. The Hall–Kier alpha value is -3.86. The number of nitrogens with one attached hydrogen (secondary N) is 1. The number of hydrogen-bond acceptors (Lipinski definition) is 4. The zero-order valence-electron chi connectivity index (χ0n) is 15.3. The van der Waals surface area contributed by atoms with Crippen LogP contribution in [0.3, 0.4) is 0 Å². The van der Waals surface area contributed by atoms with Gasteiger partial charge in [0.05, 0.1) is 16.9 Å². The zero-order chi connectivity index (χ0) is 19.5. The molecule has 0 saturated carbocycles. The summed E-state index contributed by atoms with van der Waals surface area (Å²) in [5.41, 5.74) is 5.36. The van der Waals surface area contributed by atoms with Crippen LogP contribution in [0.2, 0.25) is 0 Å². The molecule has 1 heterocycles. The van der Waals surface area contributed by atoms with Crippen LogP contribution in [0.15, 0.2) is 94.8 Å². The fraction of sp³-hybridized carbons (Fsp3) is 0.0435. The van der Waals surface area contributed by atoms with Crippen LogP contribution in [0.1, 0.15) is 12.5 Å². The predicted molar refractivity (Wildman–Crippen MR) is 113 cm³/mol. The van der Waals surface area contributed by atoms with Crippen LogP contribution in [0, 0.1) is 0 Å². The highest BCUT2D eigenvalue weighted by Gasteiger charge is 2.19. The van der Waals surface area contributed by atoms with Gasteiger partial charge in [-0.25, -0.2) is 0 Å². The Labute approximate surface area is 162 Å². The molecule has 3 aromatic carbocycles. The second-order valence-electron chi connectivity index (χ2n) is 6.39. The third kappa shape index (κ3) is 3.14. The molecule has 5 heteroatoms. The van der Waals surface area contributed by atoms with Crippen LogP contribution in [0.25, 0.3) is 16.6 Å². The largest absolute Gasteiger partial charge is 0.506 e. The summed E-state index contributed by atoms with van der Waals surface area (Å²) in [6, 6.07) is 26.1. The summed E-state index contributed by atoms with van der Waals surface area (Å²) < 4.78 is 1.60. The second-order valence-corrected chi connectivity index (χ2v) is 6.39. The average molecular weight is 369 g/mol. The van der Waals surface area contributed by atoms with E-state index < -0.39 is 0 Å².